The predicted octanol–water partition coefficient (Wildman–Crippen LogP) is 4.29. The van der Waals surface area contributed by atoms with Gasteiger partial charge < -0.3 is 14.4 Å². The summed E-state index contributed by atoms with van der Waals surface area (Å²) in [6, 6.07) is 6.44. The van der Waals surface area contributed by atoms with Crippen molar-refractivity contribution in [2.75, 3.05) is 32.9 Å². The summed E-state index contributed by atoms with van der Waals surface area (Å²) in [4.78, 5) is 7.02. The van der Waals surface area contributed by atoms with E-state index in [0.29, 0.717) is 19.1 Å². The zero-order valence-corrected chi connectivity index (χ0v) is 18.5. The third kappa shape index (κ3) is 4.07. The largest absolute Gasteiger partial charge is 0.395 e. The van der Waals surface area contributed by atoms with Crippen LogP contribution in [-0.4, -0.2) is 56.8 Å². The summed E-state index contributed by atoms with van der Waals surface area (Å²) >= 11 is 8.09. The lowest BCUT2D eigenvalue weighted by Gasteiger charge is -2.26. The van der Waals surface area contributed by atoms with Crippen LogP contribution in [0.5, 0.6) is 0 Å². The van der Waals surface area contributed by atoms with Gasteiger partial charge in [0, 0.05) is 42.4 Å². The molecule has 0 radical (unpaired) electrons. The van der Waals surface area contributed by atoms with Crippen LogP contribution in [-0.2, 0) is 11.3 Å². The van der Waals surface area contributed by atoms with E-state index in [1.54, 1.807) is 0 Å². The molecule has 1 aliphatic rings. The second kappa shape index (κ2) is 9.10. The molecule has 0 saturated carbocycles. The minimum absolute atomic E-state index is 0.149. The Bertz CT molecular complexity index is 981. The molecule has 1 N–H and O–H groups in total. The summed E-state index contributed by atoms with van der Waals surface area (Å²) in [6.07, 6.45) is 1.97. The number of aliphatic hydroxyl groups is 1. The topological polar surface area (TPSA) is 63.4 Å². The molecule has 2 aromatic heterocycles. The van der Waals surface area contributed by atoms with E-state index in [2.05, 4.69) is 29.4 Å². The molecule has 29 heavy (non-hydrogen) atoms. The molecule has 0 unspecified atom stereocenters. The first kappa shape index (κ1) is 20.8. The normalized spacial score (nSPS) is 15.6. The molecule has 0 atom stereocenters. The molecule has 0 aliphatic carbocycles. The minimum Gasteiger partial charge on any atom is -0.395 e. The van der Waals surface area contributed by atoms with Gasteiger partial charge in [0.25, 0.3) is 0 Å². The van der Waals surface area contributed by atoms with Gasteiger partial charge in [-0.2, -0.15) is 4.37 Å². The number of para-hydroxylation sites is 1. The number of benzene rings is 1. The van der Waals surface area contributed by atoms with Gasteiger partial charge in [-0.05, 0) is 43.9 Å². The van der Waals surface area contributed by atoms with Crippen molar-refractivity contribution < 1.29 is 9.84 Å². The van der Waals surface area contributed by atoms with Gasteiger partial charge >= 0.3 is 0 Å². The predicted molar refractivity (Wildman–Crippen MR) is 118 cm³/mol. The number of fused-ring (bicyclic) bond motifs is 1. The number of halogens is 1. The molecule has 1 fully saturated rings. The molecule has 3 heterocycles. The van der Waals surface area contributed by atoms with E-state index in [-0.39, 0.29) is 6.61 Å². The third-order valence-electron chi connectivity index (χ3n) is 5.69. The lowest BCUT2D eigenvalue weighted by molar-refractivity contribution is 0.0703. The van der Waals surface area contributed by atoms with Crippen LogP contribution in [0.15, 0.2) is 18.2 Å². The Morgan fingerprint density at radius 1 is 1.34 bits per heavy atom. The average molecular weight is 435 g/mol. The van der Waals surface area contributed by atoms with Crippen molar-refractivity contribution in [3.8, 4) is 11.4 Å². The molecule has 3 aromatic rings. The number of likely N-dealkylation sites (N-methyl/N-ethyl adjacent to an activating group) is 1. The van der Waals surface area contributed by atoms with E-state index in [0.717, 1.165) is 70.6 Å². The van der Waals surface area contributed by atoms with Gasteiger partial charge in [-0.1, -0.05) is 30.7 Å². The molecule has 1 aliphatic heterocycles. The Morgan fingerprint density at radius 3 is 2.86 bits per heavy atom. The number of hydrogen-bond acceptors (Lipinski definition) is 6. The van der Waals surface area contributed by atoms with E-state index in [4.69, 9.17) is 25.7 Å². The standard InChI is InChI=1S/C21H27ClN4O2S/c1-3-25(9-10-27)13-18-23-21(24-29-18)19-14(2)26(15-7-11-28-12-8-15)20-16(19)5-4-6-17(20)22/h4-6,15,27H,3,7-13H2,1-2H3. The Morgan fingerprint density at radius 2 is 2.14 bits per heavy atom. The first-order valence-corrected chi connectivity index (χ1v) is 11.3. The maximum absolute atomic E-state index is 9.24. The van der Waals surface area contributed by atoms with Gasteiger partial charge in [-0.3, -0.25) is 4.90 Å². The lowest BCUT2D eigenvalue weighted by Crippen LogP contribution is -2.25. The van der Waals surface area contributed by atoms with Crippen molar-refractivity contribution in [1.29, 1.82) is 0 Å². The number of rotatable bonds is 7. The molecule has 1 saturated heterocycles. The average Bonchev–Trinajstić information content (AvgIpc) is 3.30. The fourth-order valence-electron chi connectivity index (χ4n) is 4.23. The van der Waals surface area contributed by atoms with Crippen LogP contribution in [0, 0.1) is 6.92 Å². The van der Waals surface area contributed by atoms with Gasteiger partial charge in [0.2, 0.25) is 0 Å². The molecule has 156 valence electrons. The zero-order valence-electron chi connectivity index (χ0n) is 16.9. The van der Waals surface area contributed by atoms with Crippen molar-refractivity contribution >= 4 is 34.0 Å². The Balaban J connectivity index is 1.77. The highest BCUT2D eigenvalue weighted by Crippen LogP contribution is 2.40. The maximum atomic E-state index is 9.24. The van der Waals surface area contributed by atoms with Crippen LogP contribution in [0.3, 0.4) is 0 Å². The van der Waals surface area contributed by atoms with Crippen molar-refractivity contribution in [1.82, 2.24) is 18.8 Å². The van der Waals surface area contributed by atoms with Crippen molar-refractivity contribution in [2.45, 2.75) is 39.3 Å². The fraction of sp³-hybridized carbons (Fsp3) is 0.524. The van der Waals surface area contributed by atoms with Crippen LogP contribution >= 0.6 is 23.1 Å². The molecule has 0 amide bonds. The van der Waals surface area contributed by atoms with Crippen LogP contribution < -0.4 is 0 Å². The highest BCUT2D eigenvalue weighted by atomic mass is 35.5. The Kier molecular flexibility index (Phi) is 6.51. The summed E-state index contributed by atoms with van der Waals surface area (Å²) < 4.78 is 12.6. The molecule has 1 aromatic carbocycles. The highest BCUT2D eigenvalue weighted by Gasteiger charge is 2.26. The molecular weight excluding hydrogens is 408 g/mol. The Labute approximate surface area is 180 Å². The summed E-state index contributed by atoms with van der Waals surface area (Å²) in [5.41, 5.74) is 3.30. The maximum Gasteiger partial charge on any atom is 0.175 e. The summed E-state index contributed by atoms with van der Waals surface area (Å²) in [5, 5.41) is 12.1. The first-order valence-electron chi connectivity index (χ1n) is 10.2. The second-order valence-electron chi connectivity index (χ2n) is 7.41. The number of nitrogens with zero attached hydrogens (tertiary/aromatic N) is 4. The van der Waals surface area contributed by atoms with Crippen LogP contribution in [0.2, 0.25) is 5.02 Å². The van der Waals surface area contributed by atoms with E-state index < -0.39 is 0 Å². The summed E-state index contributed by atoms with van der Waals surface area (Å²) in [6.45, 7) is 8.15. The fourth-order valence-corrected chi connectivity index (χ4v) is 5.19. The van der Waals surface area contributed by atoms with Crippen molar-refractivity contribution in [3.05, 3.63) is 33.9 Å². The van der Waals surface area contributed by atoms with Crippen molar-refractivity contribution in [2.24, 2.45) is 0 Å². The SMILES string of the molecule is CCN(CCO)Cc1nc(-c2c(C)n(C3CCOCC3)c3c(Cl)cccc23)ns1. The van der Waals surface area contributed by atoms with E-state index >= 15 is 0 Å². The van der Waals surface area contributed by atoms with Crippen molar-refractivity contribution in [3.63, 3.8) is 0 Å². The van der Waals surface area contributed by atoms with Crippen LogP contribution in [0.1, 0.15) is 36.5 Å². The second-order valence-corrected chi connectivity index (χ2v) is 8.66. The summed E-state index contributed by atoms with van der Waals surface area (Å²) in [5.74, 6) is 0.764. The Hall–Kier alpha value is -1.51. The van der Waals surface area contributed by atoms with Gasteiger partial charge in [0.15, 0.2) is 5.82 Å². The number of ether oxygens (including phenoxy) is 1. The molecule has 6 nitrogen and oxygen atoms in total. The van der Waals surface area contributed by atoms with E-state index in [9.17, 15) is 5.11 Å². The monoisotopic (exact) mass is 434 g/mol. The van der Waals surface area contributed by atoms with Gasteiger partial charge in [-0.15, -0.1) is 0 Å². The van der Waals surface area contributed by atoms with Gasteiger partial charge in [0.1, 0.15) is 5.01 Å². The molecule has 0 bridgehead atoms. The third-order valence-corrected chi connectivity index (χ3v) is 6.69. The number of hydrogen-bond donors (Lipinski definition) is 1. The smallest absolute Gasteiger partial charge is 0.175 e. The highest BCUT2D eigenvalue weighted by molar-refractivity contribution is 7.05. The van der Waals surface area contributed by atoms with E-state index in [1.807, 2.05) is 12.1 Å². The van der Waals surface area contributed by atoms with Crippen LogP contribution in [0.25, 0.3) is 22.3 Å². The van der Waals surface area contributed by atoms with Gasteiger partial charge in [-0.25, -0.2) is 4.98 Å². The molecule has 0 spiro atoms. The number of aliphatic hydroxyl groups excluding tert-OH is 1. The number of aromatic nitrogens is 3. The molecule has 8 heteroatoms. The van der Waals surface area contributed by atoms with Crippen LogP contribution in [0.4, 0.5) is 0 Å². The molecular formula is C21H27ClN4O2S. The van der Waals surface area contributed by atoms with Gasteiger partial charge in [0.05, 0.1) is 23.7 Å². The zero-order chi connectivity index (χ0) is 20.4. The first-order chi connectivity index (χ1) is 14.1. The lowest BCUT2D eigenvalue weighted by atomic mass is 10.1. The van der Waals surface area contributed by atoms with E-state index in [1.165, 1.54) is 11.5 Å². The molecule has 4 rings (SSSR count). The quantitative estimate of drug-likeness (QED) is 0.601. The minimum atomic E-state index is 0.149. The summed E-state index contributed by atoms with van der Waals surface area (Å²) in [7, 11) is 0.